The smallest absolute Gasteiger partial charge is 0.328 e. The Hall–Kier alpha value is -2.27. The first-order valence-electron chi connectivity index (χ1n) is 6.38. The number of hydrogen-bond acceptors (Lipinski definition) is 3. The molecule has 1 N–H and O–H groups in total. The zero-order valence-corrected chi connectivity index (χ0v) is 12.2. The van der Waals surface area contributed by atoms with Crippen molar-refractivity contribution in [3.63, 3.8) is 0 Å². The number of aliphatic carboxylic acids is 1. The van der Waals surface area contributed by atoms with Gasteiger partial charge in [0.2, 0.25) is 0 Å². The topological polar surface area (TPSA) is 64.4 Å². The van der Waals surface area contributed by atoms with Crippen LogP contribution in [0.15, 0.2) is 36.7 Å². The number of halogens is 1. The molecule has 110 valence electrons. The van der Waals surface area contributed by atoms with Crippen LogP contribution < -0.4 is 4.74 Å². The first kappa shape index (κ1) is 15.1. The molecular weight excluding hydrogens is 292 g/mol. The van der Waals surface area contributed by atoms with Crippen molar-refractivity contribution in [2.45, 2.75) is 13.5 Å². The van der Waals surface area contributed by atoms with Crippen LogP contribution >= 0.6 is 11.6 Å². The molecule has 0 atom stereocenters. The highest BCUT2D eigenvalue weighted by atomic mass is 35.5. The zero-order valence-electron chi connectivity index (χ0n) is 11.5. The quantitative estimate of drug-likeness (QED) is 0.833. The highest BCUT2D eigenvalue weighted by Crippen LogP contribution is 2.27. The lowest BCUT2D eigenvalue weighted by atomic mass is 10.2. The van der Waals surface area contributed by atoms with E-state index in [2.05, 4.69) is 4.98 Å². The summed E-state index contributed by atoms with van der Waals surface area (Å²) in [5.41, 5.74) is 0.559. The Bertz CT molecular complexity index is 665. The molecule has 1 aromatic carbocycles. The van der Waals surface area contributed by atoms with E-state index in [0.717, 1.165) is 11.9 Å². The standard InChI is InChI=1S/C15H15ClN2O3/c1-11-17-7-8-18(11)9-10-21-14-4-2-3-13(16)12(14)5-6-15(19)20/h2-8H,9-10H2,1H3,(H,19,20)/b6-5+. The third-order valence-electron chi connectivity index (χ3n) is 2.92. The molecule has 0 amide bonds. The number of hydrogen-bond donors (Lipinski definition) is 1. The maximum Gasteiger partial charge on any atom is 0.328 e. The van der Waals surface area contributed by atoms with Crippen LogP contribution in [0.2, 0.25) is 5.02 Å². The fraction of sp³-hybridized carbons (Fsp3) is 0.200. The van der Waals surface area contributed by atoms with E-state index in [4.69, 9.17) is 21.4 Å². The van der Waals surface area contributed by atoms with Gasteiger partial charge in [-0.05, 0) is 25.1 Å². The van der Waals surface area contributed by atoms with Gasteiger partial charge in [-0.3, -0.25) is 0 Å². The van der Waals surface area contributed by atoms with Crippen molar-refractivity contribution < 1.29 is 14.6 Å². The SMILES string of the molecule is Cc1nccn1CCOc1cccc(Cl)c1/C=C/C(=O)O. The second-order valence-electron chi connectivity index (χ2n) is 4.34. The minimum absolute atomic E-state index is 0.436. The molecule has 0 aliphatic carbocycles. The molecule has 1 aromatic heterocycles. The van der Waals surface area contributed by atoms with Crippen molar-refractivity contribution in [2.75, 3.05) is 6.61 Å². The summed E-state index contributed by atoms with van der Waals surface area (Å²) in [7, 11) is 0. The molecule has 5 nitrogen and oxygen atoms in total. The van der Waals surface area contributed by atoms with E-state index in [1.807, 2.05) is 17.7 Å². The number of carboxylic acid groups (broad SMARTS) is 1. The van der Waals surface area contributed by atoms with Gasteiger partial charge >= 0.3 is 5.97 Å². The first-order chi connectivity index (χ1) is 10.1. The van der Waals surface area contributed by atoms with E-state index in [9.17, 15) is 4.79 Å². The Morgan fingerprint density at radius 1 is 1.52 bits per heavy atom. The van der Waals surface area contributed by atoms with Crippen LogP contribution in [0.25, 0.3) is 6.08 Å². The molecular formula is C15H15ClN2O3. The predicted octanol–water partition coefficient (Wildman–Crippen LogP) is 3.02. The fourth-order valence-electron chi connectivity index (χ4n) is 1.85. The molecule has 0 saturated heterocycles. The summed E-state index contributed by atoms with van der Waals surface area (Å²) in [4.78, 5) is 14.8. The van der Waals surface area contributed by atoms with Gasteiger partial charge in [0.1, 0.15) is 18.2 Å². The summed E-state index contributed by atoms with van der Waals surface area (Å²) >= 11 is 6.08. The molecule has 2 aromatic rings. The van der Waals surface area contributed by atoms with Gasteiger partial charge in [-0.1, -0.05) is 17.7 Å². The van der Waals surface area contributed by atoms with Crippen molar-refractivity contribution in [2.24, 2.45) is 0 Å². The Morgan fingerprint density at radius 2 is 2.33 bits per heavy atom. The van der Waals surface area contributed by atoms with E-state index in [1.165, 1.54) is 6.08 Å². The van der Waals surface area contributed by atoms with E-state index >= 15 is 0 Å². The lowest BCUT2D eigenvalue weighted by Crippen LogP contribution is -2.09. The van der Waals surface area contributed by atoms with Crippen LogP contribution in [0.3, 0.4) is 0 Å². The van der Waals surface area contributed by atoms with Crippen molar-refractivity contribution >= 4 is 23.6 Å². The maximum atomic E-state index is 10.6. The number of rotatable bonds is 6. The molecule has 0 fully saturated rings. The molecule has 0 aliphatic heterocycles. The van der Waals surface area contributed by atoms with Crippen LogP contribution in [0.1, 0.15) is 11.4 Å². The Labute approximate surface area is 127 Å². The van der Waals surface area contributed by atoms with Crippen molar-refractivity contribution in [1.82, 2.24) is 9.55 Å². The maximum absolute atomic E-state index is 10.6. The van der Waals surface area contributed by atoms with Crippen LogP contribution in [0.5, 0.6) is 5.75 Å². The van der Waals surface area contributed by atoms with Gasteiger partial charge in [0, 0.05) is 24.0 Å². The highest BCUT2D eigenvalue weighted by molar-refractivity contribution is 6.32. The summed E-state index contributed by atoms with van der Waals surface area (Å²) in [6.07, 6.45) is 6.08. The van der Waals surface area contributed by atoms with Gasteiger partial charge in [0.15, 0.2) is 0 Å². The Balaban J connectivity index is 2.07. The van der Waals surface area contributed by atoms with Crippen molar-refractivity contribution in [1.29, 1.82) is 0 Å². The van der Waals surface area contributed by atoms with Crippen molar-refractivity contribution in [3.05, 3.63) is 53.1 Å². The molecule has 0 saturated carbocycles. The molecule has 2 rings (SSSR count). The molecule has 6 heteroatoms. The number of carboxylic acids is 1. The monoisotopic (exact) mass is 306 g/mol. The average molecular weight is 307 g/mol. The van der Waals surface area contributed by atoms with Crippen LogP contribution in [0.4, 0.5) is 0 Å². The second-order valence-corrected chi connectivity index (χ2v) is 4.75. The third-order valence-corrected chi connectivity index (χ3v) is 3.25. The first-order valence-corrected chi connectivity index (χ1v) is 6.76. The second kappa shape index (κ2) is 6.95. The number of carbonyl (C=O) groups is 1. The lowest BCUT2D eigenvalue weighted by Gasteiger charge is -2.11. The third kappa shape index (κ3) is 4.10. The number of benzene rings is 1. The van der Waals surface area contributed by atoms with E-state index in [0.29, 0.717) is 29.5 Å². The van der Waals surface area contributed by atoms with Gasteiger partial charge in [-0.2, -0.15) is 0 Å². The normalized spacial score (nSPS) is 11.0. The van der Waals surface area contributed by atoms with Gasteiger partial charge in [0.05, 0.1) is 11.6 Å². The Kier molecular flexibility index (Phi) is 5.00. The van der Waals surface area contributed by atoms with Crippen molar-refractivity contribution in [3.8, 4) is 5.75 Å². The largest absolute Gasteiger partial charge is 0.491 e. The number of imidazole rings is 1. The van der Waals surface area contributed by atoms with Gasteiger partial charge in [-0.15, -0.1) is 0 Å². The molecule has 0 aliphatic rings. The Morgan fingerprint density at radius 3 is 3.00 bits per heavy atom. The minimum Gasteiger partial charge on any atom is -0.491 e. The predicted molar refractivity (Wildman–Crippen MR) is 80.6 cm³/mol. The summed E-state index contributed by atoms with van der Waals surface area (Å²) in [5, 5.41) is 9.16. The van der Waals surface area contributed by atoms with Crippen LogP contribution in [0, 0.1) is 6.92 Å². The number of aryl methyl sites for hydroxylation is 1. The number of aromatic nitrogens is 2. The summed E-state index contributed by atoms with van der Waals surface area (Å²) in [6, 6.07) is 5.21. The summed E-state index contributed by atoms with van der Waals surface area (Å²) < 4.78 is 7.67. The fourth-order valence-corrected chi connectivity index (χ4v) is 2.08. The molecule has 0 bridgehead atoms. The highest BCUT2D eigenvalue weighted by Gasteiger charge is 2.06. The minimum atomic E-state index is -1.03. The molecule has 21 heavy (non-hydrogen) atoms. The summed E-state index contributed by atoms with van der Waals surface area (Å²) in [5.74, 6) is 0.434. The summed E-state index contributed by atoms with van der Waals surface area (Å²) in [6.45, 7) is 3.01. The average Bonchev–Trinajstić information content (AvgIpc) is 2.83. The molecule has 0 radical (unpaired) electrons. The van der Waals surface area contributed by atoms with E-state index < -0.39 is 5.97 Å². The van der Waals surface area contributed by atoms with Gasteiger partial charge < -0.3 is 14.4 Å². The zero-order chi connectivity index (χ0) is 15.2. The lowest BCUT2D eigenvalue weighted by molar-refractivity contribution is -0.131. The molecule has 0 spiro atoms. The van der Waals surface area contributed by atoms with E-state index in [-0.39, 0.29) is 0 Å². The number of nitrogens with zero attached hydrogens (tertiary/aromatic N) is 2. The van der Waals surface area contributed by atoms with Gasteiger partial charge in [-0.25, -0.2) is 9.78 Å². The number of ether oxygens (including phenoxy) is 1. The molecule has 0 unspecified atom stereocenters. The van der Waals surface area contributed by atoms with Gasteiger partial charge in [0.25, 0.3) is 0 Å². The van der Waals surface area contributed by atoms with E-state index in [1.54, 1.807) is 24.4 Å². The molecule has 1 heterocycles. The van der Waals surface area contributed by atoms with Crippen LogP contribution in [-0.2, 0) is 11.3 Å². The van der Waals surface area contributed by atoms with Crippen LogP contribution in [-0.4, -0.2) is 27.2 Å².